The zero-order valence-corrected chi connectivity index (χ0v) is 9.15. The first kappa shape index (κ1) is 11.5. The molecule has 0 radical (unpaired) electrons. The number of thiocarbonyl (C=S) groups is 1. The standard InChI is InChI=1S/C10H18N2OS/c1-2-7-11-10(14)12-8-5-3-4-6-9(8)13/h2,8-9,13H,1,3-7H2,(H2,11,12,14)/t8-,9+/m0/s1. The molecule has 0 bridgehead atoms. The number of hydrogen-bond donors (Lipinski definition) is 3. The van der Waals surface area contributed by atoms with Gasteiger partial charge in [0.1, 0.15) is 0 Å². The minimum absolute atomic E-state index is 0.119. The maximum Gasteiger partial charge on any atom is 0.166 e. The summed E-state index contributed by atoms with van der Waals surface area (Å²) in [7, 11) is 0. The van der Waals surface area contributed by atoms with Crippen LogP contribution in [0.4, 0.5) is 0 Å². The summed E-state index contributed by atoms with van der Waals surface area (Å²) < 4.78 is 0. The van der Waals surface area contributed by atoms with Gasteiger partial charge in [-0.2, -0.15) is 0 Å². The Hall–Kier alpha value is -0.610. The Kier molecular flexibility index (Phi) is 4.90. The molecular formula is C10H18N2OS. The molecule has 1 aliphatic rings. The number of aliphatic hydroxyl groups is 1. The lowest BCUT2D eigenvalue weighted by molar-refractivity contribution is 0.0997. The van der Waals surface area contributed by atoms with E-state index in [1.807, 2.05) is 0 Å². The van der Waals surface area contributed by atoms with E-state index < -0.39 is 0 Å². The Labute approximate surface area is 90.6 Å². The maximum absolute atomic E-state index is 9.67. The fourth-order valence-corrected chi connectivity index (χ4v) is 1.90. The number of rotatable bonds is 3. The first-order valence-electron chi connectivity index (χ1n) is 5.07. The summed E-state index contributed by atoms with van der Waals surface area (Å²) in [4.78, 5) is 0. The van der Waals surface area contributed by atoms with Crippen LogP contribution in [0.25, 0.3) is 0 Å². The zero-order valence-electron chi connectivity index (χ0n) is 8.33. The minimum Gasteiger partial charge on any atom is -0.391 e. The van der Waals surface area contributed by atoms with Gasteiger partial charge in [-0.05, 0) is 25.1 Å². The van der Waals surface area contributed by atoms with Crippen LogP contribution in [0.5, 0.6) is 0 Å². The number of hydrogen-bond acceptors (Lipinski definition) is 2. The van der Waals surface area contributed by atoms with Crippen LogP contribution in [0, 0.1) is 0 Å². The Morgan fingerprint density at radius 1 is 1.50 bits per heavy atom. The van der Waals surface area contributed by atoms with E-state index in [0.717, 1.165) is 19.3 Å². The molecule has 4 heteroatoms. The van der Waals surface area contributed by atoms with Crippen molar-refractivity contribution >= 4 is 17.3 Å². The van der Waals surface area contributed by atoms with Crippen molar-refractivity contribution in [2.75, 3.05) is 6.54 Å². The third kappa shape index (κ3) is 3.64. The second-order valence-electron chi connectivity index (χ2n) is 3.60. The summed E-state index contributed by atoms with van der Waals surface area (Å²) in [5.74, 6) is 0. The van der Waals surface area contributed by atoms with E-state index in [4.69, 9.17) is 12.2 Å². The molecule has 0 heterocycles. The van der Waals surface area contributed by atoms with Gasteiger partial charge in [-0.1, -0.05) is 18.9 Å². The highest BCUT2D eigenvalue weighted by molar-refractivity contribution is 7.80. The van der Waals surface area contributed by atoms with Gasteiger partial charge in [-0.15, -0.1) is 6.58 Å². The molecule has 0 aromatic rings. The highest BCUT2D eigenvalue weighted by atomic mass is 32.1. The third-order valence-corrected chi connectivity index (χ3v) is 2.72. The van der Waals surface area contributed by atoms with Crippen LogP contribution >= 0.6 is 12.2 Å². The van der Waals surface area contributed by atoms with E-state index in [1.165, 1.54) is 6.42 Å². The Bertz CT molecular complexity index is 208. The first-order valence-corrected chi connectivity index (χ1v) is 5.48. The van der Waals surface area contributed by atoms with Crippen molar-refractivity contribution in [3.05, 3.63) is 12.7 Å². The summed E-state index contributed by atoms with van der Waals surface area (Å²) in [5.41, 5.74) is 0. The Morgan fingerprint density at radius 2 is 2.21 bits per heavy atom. The van der Waals surface area contributed by atoms with Gasteiger partial charge >= 0.3 is 0 Å². The van der Waals surface area contributed by atoms with Gasteiger partial charge in [0, 0.05) is 6.54 Å². The molecule has 3 nitrogen and oxygen atoms in total. The van der Waals surface area contributed by atoms with Crippen LogP contribution in [0.2, 0.25) is 0 Å². The molecule has 0 aromatic heterocycles. The molecule has 1 fully saturated rings. The van der Waals surface area contributed by atoms with Crippen molar-refractivity contribution in [2.45, 2.75) is 37.8 Å². The second-order valence-corrected chi connectivity index (χ2v) is 4.01. The lowest BCUT2D eigenvalue weighted by atomic mass is 9.93. The van der Waals surface area contributed by atoms with Gasteiger partial charge < -0.3 is 15.7 Å². The molecule has 0 spiro atoms. The van der Waals surface area contributed by atoms with Crippen molar-refractivity contribution in [1.82, 2.24) is 10.6 Å². The van der Waals surface area contributed by atoms with Crippen molar-refractivity contribution in [3.63, 3.8) is 0 Å². The SMILES string of the molecule is C=CCNC(=S)N[C@H]1CCCC[C@H]1O. The van der Waals surface area contributed by atoms with Crippen molar-refractivity contribution in [3.8, 4) is 0 Å². The average Bonchev–Trinajstić information content (AvgIpc) is 2.18. The van der Waals surface area contributed by atoms with Crippen LogP contribution in [-0.2, 0) is 0 Å². The zero-order chi connectivity index (χ0) is 10.4. The highest BCUT2D eigenvalue weighted by Gasteiger charge is 2.22. The van der Waals surface area contributed by atoms with Crippen molar-refractivity contribution in [2.24, 2.45) is 0 Å². The quantitative estimate of drug-likeness (QED) is 0.483. The predicted molar refractivity (Wildman–Crippen MR) is 62.2 cm³/mol. The highest BCUT2D eigenvalue weighted by Crippen LogP contribution is 2.17. The predicted octanol–water partition coefficient (Wildman–Crippen LogP) is 0.940. The molecule has 80 valence electrons. The average molecular weight is 214 g/mol. The van der Waals surface area contributed by atoms with E-state index >= 15 is 0 Å². The number of aliphatic hydroxyl groups excluding tert-OH is 1. The van der Waals surface area contributed by atoms with Crippen LogP contribution < -0.4 is 10.6 Å². The smallest absolute Gasteiger partial charge is 0.166 e. The molecule has 0 saturated heterocycles. The fourth-order valence-electron chi connectivity index (χ4n) is 1.66. The van der Waals surface area contributed by atoms with E-state index in [9.17, 15) is 5.11 Å². The molecule has 0 aromatic carbocycles. The topological polar surface area (TPSA) is 44.3 Å². The van der Waals surface area contributed by atoms with Gasteiger partial charge in [0.2, 0.25) is 0 Å². The van der Waals surface area contributed by atoms with Crippen LogP contribution in [-0.4, -0.2) is 28.9 Å². The molecule has 1 saturated carbocycles. The maximum atomic E-state index is 9.67. The Morgan fingerprint density at radius 3 is 2.86 bits per heavy atom. The molecule has 0 aliphatic heterocycles. The molecular weight excluding hydrogens is 196 g/mol. The third-order valence-electron chi connectivity index (χ3n) is 2.45. The summed E-state index contributed by atoms with van der Waals surface area (Å²) in [5, 5.41) is 16.4. The van der Waals surface area contributed by atoms with E-state index in [-0.39, 0.29) is 12.1 Å². The van der Waals surface area contributed by atoms with Crippen LogP contribution in [0.3, 0.4) is 0 Å². The summed E-state index contributed by atoms with van der Waals surface area (Å²) in [6, 6.07) is 0.119. The summed E-state index contributed by atoms with van der Waals surface area (Å²) in [6.45, 7) is 4.26. The van der Waals surface area contributed by atoms with E-state index in [0.29, 0.717) is 11.7 Å². The van der Waals surface area contributed by atoms with Gasteiger partial charge in [0.15, 0.2) is 5.11 Å². The first-order chi connectivity index (χ1) is 6.74. The second kappa shape index (κ2) is 5.98. The monoisotopic (exact) mass is 214 g/mol. The number of nitrogens with one attached hydrogen (secondary N) is 2. The minimum atomic E-state index is -0.257. The summed E-state index contributed by atoms with van der Waals surface area (Å²) >= 11 is 5.07. The van der Waals surface area contributed by atoms with Crippen molar-refractivity contribution in [1.29, 1.82) is 0 Å². The lowest BCUT2D eigenvalue weighted by Gasteiger charge is -2.29. The molecule has 0 amide bonds. The molecule has 2 atom stereocenters. The molecule has 1 rings (SSSR count). The molecule has 3 N–H and O–H groups in total. The van der Waals surface area contributed by atoms with Gasteiger partial charge in [0.25, 0.3) is 0 Å². The lowest BCUT2D eigenvalue weighted by Crippen LogP contribution is -2.48. The van der Waals surface area contributed by atoms with Crippen LogP contribution in [0.1, 0.15) is 25.7 Å². The normalized spacial score (nSPS) is 26.6. The fraction of sp³-hybridized carbons (Fsp3) is 0.700. The molecule has 0 unspecified atom stereocenters. The van der Waals surface area contributed by atoms with Gasteiger partial charge in [-0.25, -0.2) is 0 Å². The van der Waals surface area contributed by atoms with Crippen LogP contribution in [0.15, 0.2) is 12.7 Å². The molecule has 14 heavy (non-hydrogen) atoms. The Balaban J connectivity index is 2.27. The molecule has 1 aliphatic carbocycles. The van der Waals surface area contributed by atoms with Gasteiger partial charge in [0.05, 0.1) is 12.1 Å². The van der Waals surface area contributed by atoms with E-state index in [1.54, 1.807) is 6.08 Å². The van der Waals surface area contributed by atoms with Crippen molar-refractivity contribution < 1.29 is 5.11 Å². The largest absolute Gasteiger partial charge is 0.391 e. The van der Waals surface area contributed by atoms with Gasteiger partial charge in [-0.3, -0.25) is 0 Å². The summed E-state index contributed by atoms with van der Waals surface area (Å²) in [6.07, 6.45) is 5.65. The van der Waals surface area contributed by atoms with E-state index in [2.05, 4.69) is 17.2 Å².